The largest absolute Gasteiger partial charge is 0.322 e. The number of fused-ring (bicyclic) bond motifs is 1. The number of benzene rings is 2. The summed E-state index contributed by atoms with van der Waals surface area (Å²) in [5.41, 5.74) is 4.24. The molecule has 0 unspecified atom stereocenters. The van der Waals surface area contributed by atoms with Crippen LogP contribution in [0, 0.1) is 13.8 Å². The van der Waals surface area contributed by atoms with E-state index in [0.717, 1.165) is 53.8 Å². The third-order valence-corrected chi connectivity index (χ3v) is 5.86. The van der Waals surface area contributed by atoms with Crippen molar-refractivity contribution in [3.63, 3.8) is 0 Å². The van der Waals surface area contributed by atoms with E-state index in [1.54, 1.807) is 4.90 Å². The second-order valence-electron chi connectivity index (χ2n) is 8.26. The van der Waals surface area contributed by atoms with Gasteiger partial charge in [-0.05, 0) is 75.3 Å². The van der Waals surface area contributed by atoms with Crippen molar-refractivity contribution in [2.45, 2.75) is 40.7 Å². The van der Waals surface area contributed by atoms with Gasteiger partial charge in [0.1, 0.15) is 0 Å². The fraction of sp³-hybridized carbons (Fsp3) is 0.385. The van der Waals surface area contributed by atoms with Crippen molar-refractivity contribution >= 4 is 22.6 Å². The maximum atomic E-state index is 13.1. The van der Waals surface area contributed by atoms with Gasteiger partial charge in [-0.1, -0.05) is 38.1 Å². The SMILES string of the molecule is CCN(CC)CCCN(Cc1cc2c(C)cc(C)cc2[nH]c1=O)C(=O)Nc1ccccc1. The molecule has 2 amide bonds. The molecule has 0 fully saturated rings. The minimum atomic E-state index is -0.198. The minimum absolute atomic E-state index is 0.149. The lowest BCUT2D eigenvalue weighted by atomic mass is 10.0. The molecule has 0 aliphatic rings. The van der Waals surface area contributed by atoms with Crippen LogP contribution in [-0.4, -0.2) is 47.0 Å². The van der Waals surface area contributed by atoms with Gasteiger partial charge in [0.15, 0.2) is 0 Å². The van der Waals surface area contributed by atoms with E-state index in [1.807, 2.05) is 56.3 Å². The van der Waals surface area contributed by atoms with Gasteiger partial charge in [-0.3, -0.25) is 4.79 Å². The van der Waals surface area contributed by atoms with Crippen molar-refractivity contribution in [3.8, 4) is 0 Å². The first-order chi connectivity index (χ1) is 15.4. The Bertz CT molecular complexity index is 1100. The van der Waals surface area contributed by atoms with Gasteiger partial charge in [-0.25, -0.2) is 4.79 Å². The number of hydrogen-bond donors (Lipinski definition) is 2. The molecule has 1 aromatic heterocycles. The monoisotopic (exact) mass is 434 g/mol. The topological polar surface area (TPSA) is 68.4 Å². The Morgan fingerprint density at radius 1 is 1.00 bits per heavy atom. The highest BCUT2D eigenvalue weighted by Gasteiger charge is 2.17. The van der Waals surface area contributed by atoms with Crippen LogP contribution in [0.5, 0.6) is 0 Å². The zero-order valence-electron chi connectivity index (χ0n) is 19.6. The first-order valence-corrected chi connectivity index (χ1v) is 11.4. The number of hydrogen-bond acceptors (Lipinski definition) is 3. The summed E-state index contributed by atoms with van der Waals surface area (Å²) in [6, 6.07) is 15.2. The van der Waals surface area contributed by atoms with E-state index in [0.29, 0.717) is 12.1 Å². The highest BCUT2D eigenvalue weighted by atomic mass is 16.2. The molecule has 0 saturated heterocycles. The highest BCUT2D eigenvalue weighted by Crippen LogP contribution is 2.19. The molecule has 3 rings (SSSR count). The van der Waals surface area contributed by atoms with Crippen molar-refractivity contribution in [2.24, 2.45) is 0 Å². The Morgan fingerprint density at radius 2 is 1.72 bits per heavy atom. The van der Waals surface area contributed by atoms with Gasteiger partial charge in [0.2, 0.25) is 0 Å². The molecular weight excluding hydrogens is 400 g/mol. The third kappa shape index (κ3) is 5.98. The van der Waals surface area contributed by atoms with Gasteiger partial charge in [-0.15, -0.1) is 0 Å². The predicted molar refractivity (Wildman–Crippen MR) is 132 cm³/mol. The molecule has 0 bridgehead atoms. The average Bonchev–Trinajstić information content (AvgIpc) is 2.77. The number of H-pyrrole nitrogens is 1. The van der Waals surface area contributed by atoms with E-state index >= 15 is 0 Å². The number of urea groups is 1. The van der Waals surface area contributed by atoms with Gasteiger partial charge >= 0.3 is 6.03 Å². The summed E-state index contributed by atoms with van der Waals surface area (Å²) in [5, 5.41) is 3.98. The van der Waals surface area contributed by atoms with Crippen LogP contribution in [0.3, 0.4) is 0 Å². The molecule has 3 aromatic rings. The van der Waals surface area contributed by atoms with Crippen LogP contribution < -0.4 is 10.9 Å². The second-order valence-corrected chi connectivity index (χ2v) is 8.26. The van der Waals surface area contributed by atoms with Crippen molar-refractivity contribution in [2.75, 3.05) is 31.5 Å². The van der Waals surface area contributed by atoms with Crippen LogP contribution in [0.25, 0.3) is 10.9 Å². The number of aromatic nitrogens is 1. The summed E-state index contributed by atoms with van der Waals surface area (Å²) in [5.74, 6) is 0. The number of nitrogens with one attached hydrogen (secondary N) is 2. The summed E-state index contributed by atoms with van der Waals surface area (Å²) >= 11 is 0. The molecular formula is C26H34N4O2. The number of anilines is 1. The first-order valence-electron chi connectivity index (χ1n) is 11.4. The van der Waals surface area contributed by atoms with Crippen LogP contribution in [0.4, 0.5) is 10.5 Å². The molecule has 0 saturated carbocycles. The van der Waals surface area contributed by atoms with Crippen LogP contribution in [0.15, 0.2) is 53.3 Å². The number of para-hydroxylation sites is 1. The zero-order valence-corrected chi connectivity index (χ0v) is 19.6. The highest BCUT2D eigenvalue weighted by molar-refractivity contribution is 5.89. The molecule has 0 aliphatic carbocycles. The fourth-order valence-corrected chi connectivity index (χ4v) is 4.04. The lowest BCUT2D eigenvalue weighted by Crippen LogP contribution is -2.38. The summed E-state index contributed by atoms with van der Waals surface area (Å²) in [4.78, 5) is 33.0. The smallest absolute Gasteiger partial charge is 0.322 e. The number of carbonyl (C=O) groups excluding carboxylic acids is 1. The van der Waals surface area contributed by atoms with Gasteiger partial charge < -0.3 is 20.1 Å². The minimum Gasteiger partial charge on any atom is -0.322 e. The van der Waals surface area contributed by atoms with Gasteiger partial charge in [0, 0.05) is 28.7 Å². The summed E-state index contributed by atoms with van der Waals surface area (Å²) < 4.78 is 0. The molecule has 0 radical (unpaired) electrons. The molecule has 1 heterocycles. The molecule has 0 aliphatic heterocycles. The molecule has 2 aromatic carbocycles. The maximum absolute atomic E-state index is 13.1. The summed E-state index contributed by atoms with van der Waals surface area (Å²) in [7, 11) is 0. The normalized spacial score (nSPS) is 11.2. The Balaban J connectivity index is 1.84. The number of rotatable bonds is 9. The predicted octanol–water partition coefficient (Wildman–Crippen LogP) is 4.91. The van der Waals surface area contributed by atoms with E-state index in [-0.39, 0.29) is 18.1 Å². The van der Waals surface area contributed by atoms with Crippen molar-refractivity contribution < 1.29 is 4.79 Å². The van der Waals surface area contributed by atoms with Crippen LogP contribution in [-0.2, 0) is 6.54 Å². The standard InChI is InChI=1S/C26H34N4O2/c1-5-29(6-2)13-10-14-30(26(32)27-22-11-8-7-9-12-22)18-21-17-23-20(4)15-19(3)16-24(23)28-25(21)31/h7-9,11-12,15-17H,5-6,10,13-14,18H2,1-4H3,(H,27,32)(H,28,31). The lowest BCUT2D eigenvalue weighted by molar-refractivity contribution is 0.202. The van der Waals surface area contributed by atoms with Crippen molar-refractivity contribution in [1.82, 2.24) is 14.8 Å². The summed E-state index contributed by atoms with van der Waals surface area (Å²) in [6.07, 6.45) is 0.841. The zero-order chi connectivity index (χ0) is 23.1. The van der Waals surface area contributed by atoms with Crippen LogP contribution >= 0.6 is 0 Å². The Morgan fingerprint density at radius 3 is 2.41 bits per heavy atom. The number of amides is 2. The number of aryl methyl sites for hydroxylation is 2. The second kappa shape index (κ2) is 11.0. The van der Waals surface area contributed by atoms with Gasteiger partial charge in [-0.2, -0.15) is 0 Å². The molecule has 32 heavy (non-hydrogen) atoms. The summed E-state index contributed by atoms with van der Waals surface area (Å²) in [6.45, 7) is 12.0. The fourth-order valence-electron chi connectivity index (χ4n) is 4.04. The molecule has 2 N–H and O–H groups in total. The molecule has 170 valence electrons. The third-order valence-electron chi connectivity index (χ3n) is 5.86. The molecule has 0 spiro atoms. The van der Waals surface area contributed by atoms with E-state index in [9.17, 15) is 9.59 Å². The maximum Gasteiger partial charge on any atom is 0.322 e. The van der Waals surface area contributed by atoms with Crippen molar-refractivity contribution in [3.05, 3.63) is 75.6 Å². The Labute approximate surface area is 190 Å². The quantitative estimate of drug-likeness (QED) is 0.503. The first kappa shape index (κ1) is 23.5. The number of nitrogens with zero attached hydrogens (tertiary/aromatic N) is 2. The Hall–Kier alpha value is -3.12. The van der Waals surface area contributed by atoms with Crippen molar-refractivity contribution in [1.29, 1.82) is 0 Å². The van der Waals surface area contributed by atoms with E-state index < -0.39 is 0 Å². The lowest BCUT2D eigenvalue weighted by Gasteiger charge is -2.25. The van der Waals surface area contributed by atoms with Gasteiger partial charge in [0.05, 0.1) is 6.54 Å². The van der Waals surface area contributed by atoms with E-state index in [1.165, 1.54) is 0 Å². The molecule has 0 atom stereocenters. The van der Waals surface area contributed by atoms with Gasteiger partial charge in [0.25, 0.3) is 5.56 Å². The number of pyridine rings is 1. The van der Waals surface area contributed by atoms with E-state index in [4.69, 9.17) is 0 Å². The van der Waals surface area contributed by atoms with E-state index in [2.05, 4.69) is 35.1 Å². The average molecular weight is 435 g/mol. The Kier molecular flexibility index (Phi) is 8.06. The molecule has 6 heteroatoms. The molecule has 6 nitrogen and oxygen atoms in total. The number of carbonyl (C=O) groups is 1. The number of aromatic amines is 1. The van der Waals surface area contributed by atoms with Crippen LogP contribution in [0.2, 0.25) is 0 Å². The van der Waals surface area contributed by atoms with Crippen LogP contribution in [0.1, 0.15) is 37.0 Å².